The molecule has 2 N–H and O–H groups in total. The van der Waals surface area contributed by atoms with Crippen molar-refractivity contribution in [2.24, 2.45) is 0 Å². The number of hydrogen-bond donors (Lipinski definition) is 2. The lowest BCUT2D eigenvalue weighted by molar-refractivity contribution is -0.384. The summed E-state index contributed by atoms with van der Waals surface area (Å²) in [5, 5.41) is 20.2. The molecule has 7 nitrogen and oxygen atoms in total. The van der Waals surface area contributed by atoms with E-state index < -0.39 is 20.6 Å². The zero-order chi connectivity index (χ0) is 15.6. The third kappa shape index (κ3) is 3.50. The first kappa shape index (κ1) is 15.7. The van der Waals surface area contributed by atoms with Gasteiger partial charge in [-0.15, -0.1) is 11.3 Å². The van der Waals surface area contributed by atoms with Crippen LogP contribution in [0.5, 0.6) is 5.75 Å². The second-order valence-corrected chi connectivity index (χ2v) is 7.58. The van der Waals surface area contributed by atoms with Gasteiger partial charge in [0, 0.05) is 18.2 Å². The van der Waals surface area contributed by atoms with Gasteiger partial charge in [-0.2, -0.15) is 0 Å². The monoisotopic (exact) mass is 348 g/mol. The molecule has 0 radical (unpaired) electrons. The molecule has 21 heavy (non-hydrogen) atoms. The fourth-order valence-corrected chi connectivity index (χ4v) is 4.22. The number of hydrogen-bond acceptors (Lipinski definition) is 6. The Morgan fingerprint density at radius 2 is 2.05 bits per heavy atom. The first-order valence-electron chi connectivity index (χ1n) is 5.51. The predicted octanol–water partition coefficient (Wildman–Crippen LogP) is 2.49. The van der Waals surface area contributed by atoms with Crippen LogP contribution in [0.3, 0.4) is 0 Å². The van der Waals surface area contributed by atoms with Crippen molar-refractivity contribution in [2.75, 3.05) is 0 Å². The van der Waals surface area contributed by atoms with Gasteiger partial charge in [-0.1, -0.05) is 29.8 Å². The maximum atomic E-state index is 12.0. The van der Waals surface area contributed by atoms with Crippen LogP contribution < -0.4 is 4.72 Å². The summed E-state index contributed by atoms with van der Waals surface area (Å²) in [5.74, 6) is -0.0459. The number of benzene rings is 1. The zero-order valence-corrected chi connectivity index (χ0v) is 12.7. The lowest BCUT2D eigenvalue weighted by atomic mass is 10.2. The number of phenolic OH excluding ortho intramolecular Hbond substituents is 1. The number of aromatic hydroxyl groups is 1. The molecule has 0 fully saturated rings. The fourth-order valence-electron chi connectivity index (χ4n) is 1.50. The molecule has 0 bridgehead atoms. The van der Waals surface area contributed by atoms with Crippen molar-refractivity contribution in [3.63, 3.8) is 0 Å². The molecule has 0 unspecified atom stereocenters. The van der Waals surface area contributed by atoms with Gasteiger partial charge in [0.2, 0.25) is 0 Å². The second-order valence-electron chi connectivity index (χ2n) is 3.93. The number of para-hydroxylation sites is 1. The minimum atomic E-state index is -3.94. The molecule has 1 aromatic heterocycles. The Labute approximate surface area is 129 Å². The van der Waals surface area contributed by atoms with E-state index in [9.17, 15) is 23.6 Å². The maximum absolute atomic E-state index is 12.0. The molecule has 1 heterocycles. The van der Waals surface area contributed by atoms with Gasteiger partial charge in [0.1, 0.15) is 9.96 Å². The van der Waals surface area contributed by atoms with Crippen molar-refractivity contribution in [2.45, 2.75) is 10.8 Å². The molecule has 112 valence electrons. The summed E-state index contributed by atoms with van der Waals surface area (Å²) in [6.07, 6.45) is 0. The standard InChI is InChI=1S/C11H9ClN2O5S2/c12-11-8(14(16)17)5-10(20-11)21(18,19)13-6-7-3-1-2-4-9(7)15/h1-5,13,15H,6H2. The van der Waals surface area contributed by atoms with Gasteiger partial charge in [0.05, 0.1) is 4.92 Å². The molecule has 2 aromatic rings. The molecular formula is C11H9ClN2O5S2. The number of thiophene rings is 1. The van der Waals surface area contributed by atoms with E-state index in [0.717, 1.165) is 6.07 Å². The van der Waals surface area contributed by atoms with E-state index in [1.54, 1.807) is 18.2 Å². The molecule has 0 saturated carbocycles. The summed E-state index contributed by atoms with van der Waals surface area (Å²) in [7, 11) is -3.94. The average molecular weight is 349 g/mol. The number of nitrogens with one attached hydrogen (secondary N) is 1. The summed E-state index contributed by atoms with van der Waals surface area (Å²) in [5.41, 5.74) is -0.0668. The fraction of sp³-hybridized carbons (Fsp3) is 0.0909. The Kier molecular flexibility index (Phi) is 4.47. The normalized spacial score (nSPS) is 11.5. The lowest BCUT2D eigenvalue weighted by Gasteiger charge is -2.06. The van der Waals surface area contributed by atoms with Crippen LogP contribution in [-0.2, 0) is 16.6 Å². The van der Waals surface area contributed by atoms with Crippen LogP contribution in [0, 0.1) is 10.1 Å². The van der Waals surface area contributed by atoms with E-state index in [4.69, 9.17) is 11.6 Å². The number of halogens is 1. The number of nitrogens with zero attached hydrogens (tertiary/aromatic N) is 1. The second kappa shape index (κ2) is 5.98. The Balaban J connectivity index is 2.21. The molecule has 0 aliphatic heterocycles. The number of nitro groups is 1. The zero-order valence-electron chi connectivity index (χ0n) is 10.3. The highest BCUT2D eigenvalue weighted by Crippen LogP contribution is 2.36. The van der Waals surface area contributed by atoms with Gasteiger partial charge < -0.3 is 5.11 Å². The van der Waals surface area contributed by atoms with Gasteiger partial charge in [-0.3, -0.25) is 10.1 Å². The highest BCUT2D eigenvalue weighted by molar-refractivity contribution is 7.91. The summed E-state index contributed by atoms with van der Waals surface area (Å²) in [6, 6.07) is 7.14. The van der Waals surface area contributed by atoms with Crippen LogP contribution >= 0.6 is 22.9 Å². The molecule has 10 heteroatoms. The van der Waals surface area contributed by atoms with Gasteiger partial charge >= 0.3 is 0 Å². The van der Waals surface area contributed by atoms with Crippen molar-refractivity contribution < 1.29 is 18.4 Å². The summed E-state index contributed by atoms with van der Waals surface area (Å²) in [6.45, 7) is -0.141. The topological polar surface area (TPSA) is 110 Å². The Morgan fingerprint density at radius 3 is 2.62 bits per heavy atom. The Bertz CT molecular complexity index is 788. The maximum Gasteiger partial charge on any atom is 0.300 e. The Morgan fingerprint density at radius 1 is 1.38 bits per heavy atom. The summed E-state index contributed by atoms with van der Waals surface area (Å²) >= 11 is 6.23. The minimum absolute atomic E-state index is 0.0459. The molecule has 2 rings (SSSR count). The lowest BCUT2D eigenvalue weighted by Crippen LogP contribution is -2.22. The number of phenols is 1. The Hall–Kier alpha value is -1.68. The third-order valence-corrected chi connectivity index (χ3v) is 5.76. The van der Waals surface area contributed by atoms with Crippen LogP contribution in [0.2, 0.25) is 4.34 Å². The molecule has 0 amide bonds. The van der Waals surface area contributed by atoms with Crippen LogP contribution in [-0.4, -0.2) is 18.4 Å². The van der Waals surface area contributed by atoms with Gasteiger partial charge in [-0.25, -0.2) is 13.1 Å². The highest BCUT2D eigenvalue weighted by atomic mass is 35.5. The number of rotatable bonds is 5. The molecule has 0 atom stereocenters. The predicted molar refractivity (Wildman–Crippen MR) is 78.1 cm³/mol. The highest BCUT2D eigenvalue weighted by Gasteiger charge is 2.25. The largest absolute Gasteiger partial charge is 0.508 e. The van der Waals surface area contributed by atoms with Gasteiger partial charge in [-0.05, 0) is 6.07 Å². The van der Waals surface area contributed by atoms with E-state index in [1.165, 1.54) is 6.07 Å². The molecular weight excluding hydrogens is 340 g/mol. The molecule has 0 aliphatic carbocycles. The number of sulfonamides is 1. The molecule has 0 aliphatic rings. The molecule has 0 spiro atoms. The van der Waals surface area contributed by atoms with E-state index in [2.05, 4.69) is 4.72 Å². The third-order valence-electron chi connectivity index (χ3n) is 2.55. The van der Waals surface area contributed by atoms with E-state index in [-0.39, 0.29) is 20.8 Å². The van der Waals surface area contributed by atoms with Crippen LogP contribution in [0.1, 0.15) is 5.56 Å². The molecule has 0 saturated heterocycles. The van der Waals surface area contributed by atoms with E-state index >= 15 is 0 Å². The van der Waals surface area contributed by atoms with Crippen LogP contribution in [0.15, 0.2) is 34.5 Å². The van der Waals surface area contributed by atoms with Crippen LogP contribution in [0.4, 0.5) is 5.69 Å². The smallest absolute Gasteiger partial charge is 0.300 e. The minimum Gasteiger partial charge on any atom is -0.508 e. The van der Waals surface area contributed by atoms with Crippen molar-refractivity contribution in [1.82, 2.24) is 4.72 Å². The average Bonchev–Trinajstić information content (AvgIpc) is 2.81. The SMILES string of the molecule is O=[N+]([O-])c1cc(S(=O)(=O)NCc2ccccc2O)sc1Cl. The van der Waals surface area contributed by atoms with Crippen molar-refractivity contribution >= 4 is 38.6 Å². The van der Waals surface area contributed by atoms with Crippen molar-refractivity contribution in [1.29, 1.82) is 0 Å². The van der Waals surface area contributed by atoms with Crippen molar-refractivity contribution in [3.8, 4) is 5.75 Å². The van der Waals surface area contributed by atoms with E-state index in [1.807, 2.05) is 0 Å². The van der Waals surface area contributed by atoms with E-state index in [0.29, 0.717) is 16.9 Å². The first-order chi connectivity index (χ1) is 9.81. The molecule has 1 aromatic carbocycles. The quantitative estimate of drug-likeness (QED) is 0.637. The van der Waals surface area contributed by atoms with Gasteiger partial charge in [0.15, 0.2) is 4.34 Å². The van der Waals surface area contributed by atoms with Gasteiger partial charge in [0.25, 0.3) is 15.7 Å². The first-order valence-corrected chi connectivity index (χ1v) is 8.19. The summed E-state index contributed by atoms with van der Waals surface area (Å²) < 4.78 is 25.9. The summed E-state index contributed by atoms with van der Waals surface area (Å²) in [4.78, 5) is 9.92. The van der Waals surface area contributed by atoms with Crippen molar-refractivity contribution in [3.05, 3.63) is 50.3 Å². The van der Waals surface area contributed by atoms with Crippen LogP contribution in [0.25, 0.3) is 0 Å².